The van der Waals surface area contributed by atoms with Gasteiger partial charge in [-0.3, -0.25) is 10.1 Å². The largest absolute Gasteiger partial charge is 0.432 e. The molecule has 5 nitrogen and oxygen atoms in total. The van der Waals surface area contributed by atoms with Gasteiger partial charge < -0.3 is 10.2 Å². The van der Waals surface area contributed by atoms with Gasteiger partial charge in [0.25, 0.3) is 5.91 Å². The SMILES string of the molecule is Cc1coc(NC(=O)c2cccc(C)c2N)n1. The normalized spacial score (nSPS) is 10.2. The van der Waals surface area contributed by atoms with Gasteiger partial charge in [-0.25, -0.2) is 0 Å². The Bertz CT molecular complexity index is 561. The lowest BCUT2D eigenvalue weighted by atomic mass is 10.1. The zero-order valence-electron chi connectivity index (χ0n) is 9.65. The van der Waals surface area contributed by atoms with Crippen molar-refractivity contribution in [1.29, 1.82) is 0 Å². The average molecular weight is 231 g/mol. The summed E-state index contributed by atoms with van der Waals surface area (Å²) in [5.41, 5.74) is 8.28. The summed E-state index contributed by atoms with van der Waals surface area (Å²) >= 11 is 0. The molecule has 0 bridgehead atoms. The van der Waals surface area contributed by atoms with Gasteiger partial charge in [0.2, 0.25) is 0 Å². The second-order valence-electron chi connectivity index (χ2n) is 3.78. The number of nitrogens with zero attached hydrogens (tertiary/aromatic N) is 1. The molecular weight excluding hydrogens is 218 g/mol. The summed E-state index contributed by atoms with van der Waals surface area (Å²) in [7, 11) is 0. The van der Waals surface area contributed by atoms with Crippen LogP contribution in [0, 0.1) is 13.8 Å². The first-order chi connectivity index (χ1) is 8.08. The molecule has 2 aromatic rings. The number of nitrogens with two attached hydrogens (primary N) is 1. The van der Waals surface area contributed by atoms with E-state index in [0.717, 1.165) is 5.56 Å². The maximum Gasteiger partial charge on any atom is 0.301 e. The molecule has 1 aromatic carbocycles. The summed E-state index contributed by atoms with van der Waals surface area (Å²) in [5, 5.41) is 2.55. The van der Waals surface area contributed by atoms with Crippen molar-refractivity contribution in [3.05, 3.63) is 41.3 Å². The molecule has 88 valence electrons. The number of nitrogen functional groups attached to an aromatic ring is 1. The number of aryl methyl sites for hydroxylation is 2. The van der Waals surface area contributed by atoms with Crippen LogP contribution >= 0.6 is 0 Å². The maximum absolute atomic E-state index is 11.9. The van der Waals surface area contributed by atoms with Crippen molar-refractivity contribution in [3.8, 4) is 0 Å². The van der Waals surface area contributed by atoms with Crippen LogP contribution < -0.4 is 11.1 Å². The smallest absolute Gasteiger partial charge is 0.301 e. The fourth-order valence-electron chi connectivity index (χ4n) is 1.45. The standard InChI is InChI=1S/C12H13N3O2/c1-7-4-3-5-9(10(7)13)11(16)15-12-14-8(2)6-17-12/h3-6H,13H2,1-2H3,(H,14,15,16). The molecule has 0 aliphatic carbocycles. The zero-order valence-corrected chi connectivity index (χ0v) is 9.65. The Balaban J connectivity index is 2.23. The van der Waals surface area contributed by atoms with Gasteiger partial charge in [-0.1, -0.05) is 12.1 Å². The third-order valence-corrected chi connectivity index (χ3v) is 2.41. The molecule has 0 spiro atoms. The van der Waals surface area contributed by atoms with Gasteiger partial charge in [-0.15, -0.1) is 0 Å². The monoisotopic (exact) mass is 231 g/mol. The molecular formula is C12H13N3O2. The molecule has 17 heavy (non-hydrogen) atoms. The van der Waals surface area contributed by atoms with Crippen LogP contribution in [0.4, 0.5) is 11.7 Å². The van der Waals surface area contributed by atoms with Crippen molar-refractivity contribution < 1.29 is 9.21 Å². The topological polar surface area (TPSA) is 81.2 Å². The van der Waals surface area contributed by atoms with Gasteiger partial charge >= 0.3 is 6.01 Å². The maximum atomic E-state index is 11.9. The average Bonchev–Trinajstić information content (AvgIpc) is 2.68. The zero-order chi connectivity index (χ0) is 12.4. The second-order valence-corrected chi connectivity index (χ2v) is 3.78. The van der Waals surface area contributed by atoms with Crippen LogP contribution in [0.25, 0.3) is 0 Å². The highest BCUT2D eigenvalue weighted by Gasteiger charge is 2.13. The summed E-state index contributed by atoms with van der Waals surface area (Å²) in [6.45, 7) is 3.63. The lowest BCUT2D eigenvalue weighted by molar-refractivity contribution is 0.102. The Kier molecular flexibility index (Phi) is 2.82. The van der Waals surface area contributed by atoms with Crippen LogP contribution in [0.2, 0.25) is 0 Å². The van der Waals surface area contributed by atoms with Crippen molar-refractivity contribution in [2.24, 2.45) is 0 Å². The van der Waals surface area contributed by atoms with Gasteiger partial charge in [0.05, 0.1) is 11.3 Å². The fourth-order valence-corrected chi connectivity index (χ4v) is 1.45. The number of hydrogen-bond acceptors (Lipinski definition) is 4. The van der Waals surface area contributed by atoms with Gasteiger partial charge in [0.15, 0.2) is 0 Å². The van der Waals surface area contributed by atoms with Crippen molar-refractivity contribution >= 4 is 17.6 Å². The molecule has 0 fully saturated rings. The number of carbonyl (C=O) groups is 1. The second kappa shape index (κ2) is 4.29. The summed E-state index contributed by atoms with van der Waals surface area (Å²) in [5.74, 6) is -0.326. The van der Waals surface area contributed by atoms with Crippen LogP contribution in [0.15, 0.2) is 28.9 Å². The summed E-state index contributed by atoms with van der Waals surface area (Å²) in [4.78, 5) is 15.9. The highest BCUT2D eigenvalue weighted by atomic mass is 16.4. The van der Waals surface area contributed by atoms with E-state index in [1.165, 1.54) is 6.26 Å². The highest BCUT2D eigenvalue weighted by molar-refractivity contribution is 6.07. The van der Waals surface area contributed by atoms with Gasteiger partial charge in [-0.2, -0.15) is 4.98 Å². The summed E-state index contributed by atoms with van der Waals surface area (Å²) in [6, 6.07) is 5.46. The number of para-hydroxylation sites is 1. The number of oxazole rings is 1. The Morgan fingerprint density at radius 3 is 2.82 bits per heavy atom. The van der Waals surface area contributed by atoms with E-state index in [1.54, 1.807) is 19.1 Å². The lowest BCUT2D eigenvalue weighted by Gasteiger charge is -2.06. The highest BCUT2D eigenvalue weighted by Crippen LogP contribution is 2.18. The van der Waals surface area contributed by atoms with Crippen LogP contribution in [0.3, 0.4) is 0 Å². The van der Waals surface area contributed by atoms with Gasteiger partial charge in [-0.05, 0) is 25.5 Å². The van der Waals surface area contributed by atoms with E-state index >= 15 is 0 Å². The molecule has 2 rings (SSSR count). The molecule has 0 aliphatic heterocycles. The van der Waals surface area contributed by atoms with E-state index < -0.39 is 0 Å². The molecule has 0 saturated heterocycles. The van der Waals surface area contributed by atoms with E-state index in [1.807, 2.05) is 13.0 Å². The number of hydrogen-bond donors (Lipinski definition) is 2. The minimum Gasteiger partial charge on any atom is -0.432 e. The lowest BCUT2D eigenvalue weighted by Crippen LogP contribution is -2.14. The van der Waals surface area contributed by atoms with E-state index in [2.05, 4.69) is 10.3 Å². The Labute approximate surface area is 98.6 Å². The van der Waals surface area contributed by atoms with Crippen molar-refractivity contribution in [3.63, 3.8) is 0 Å². The molecule has 0 saturated carbocycles. The van der Waals surface area contributed by atoms with Crippen molar-refractivity contribution in [1.82, 2.24) is 4.98 Å². The van der Waals surface area contributed by atoms with E-state index in [-0.39, 0.29) is 11.9 Å². The molecule has 1 amide bonds. The van der Waals surface area contributed by atoms with Crippen molar-refractivity contribution in [2.45, 2.75) is 13.8 Å². The summed E-state index contributed by atoms with van der Waals surface area (Å²) in [6.07, 6.45) is 1.47. The van der Waals surface area contributed by atoms with E-state index in [4.69, 9.17) is 10.2 Å². The fraction of sp³-hybridized carbons (Fsp3) is 0.167. The first-order valence-corrected chi connectivity index (χ1v) is 5.16. The predicted octanol–water partition coefficient (Wildman–Crippen LogP) is 2.13. The Hall–Kier alpha value is -2.30. The van der Waals surface area contributed by atoms with E-state index in [0.29, 0.717) is 16.9 Å². The van der Waals surface area contributed by atoms with Crippen LogP contribution in [-0.4, -0.2) is 10.9 Å². The van der Waals surface area contributed by atoms with Gasteiger partial charge in [0, 0.05) is 5.69 Å². The number of benzene rings is 1. The third kappa shape index (κ3) is 2.28. The molecule has 0 aliphatic rings. The number of aromatic nitrogens is 1. The van der Waals surface area contributed by atoms with Crippen LogP contribution in [0.1, 0.15) is 21.6 Å². The number of anilines is 2. The van der Waals surface area contributed by atoms with Crippen LogP contribution in [0.5, 0.6) is 0 Å². The summed E-state index contributed by atoms with van der Waals surface area (Å²) < 4.78 is 5.04. The number of rotatable bonds is 2. The Morgan fingerprint density at radius 2 is 2.18 bits per heavy atom. The number of nitrogens with one attached hydrogen (secondary N) is 1. The molecule has 1 aromatic heterocycles. The molecule has 3 N–H and O–H groups in total. The quantitative estimate of drug-likeness (QED) is 0.776. The third-order valence-electron chi connectivity index (χ3n) is 2.41. The number of carbonyl (C=O) groups excluding carboxylic acids is 1. The van der Waals surface area contributed by atoms with Crippen molar-refractivity contribution in [2.75, 3.05) is 11.1 Å². The first kappa shape index (κ1) is 11.2. The van der Waals surface area contributed by atoms with Gasteiger partial charge in [0.1, 0.15) is 6.26 Å². The minimum absolute atomic E-state index is 0.174. The molecule has 0 atom stereocenters. The molecule has 5 heteroatoms. The predicted molar refractivity (Wildman–Crippen MR) is 64.8 cm³/mol. The molecule has 0 radical (unpaired) electrons. The minimum atomic E-state index is -0.326. The first-order valence-electron chi connectivity index (χ1n) is 5.16. The molecule has 0 unspecified atom stereocenters. The Morgan fingerprint density at radius 1 is 1.41 bits per heavy atom. The number of amides is 1. The van der Waals surface area contributed by atoms with E-state index in [9.17, 15) is 4.79 Å². The molecule has 1 heterocycles. The van der Waals surface area contributed by atoms with Crippen LogP contribution in [-0.2, 0) is 0 Å².